The van der Waals surface area contributed by atoms with Crippen LogP contribution >= 0.6 is 0 Å². The third-order valence-electron chi connectivity index (χ3n) is 6.20. The number of amides is 1. The van der Waals surface area contributed by atoms with Crippen molar-refractivity contribution in [3.63, 3.8) is 0 Å². The van der Waals surface area contributed by atoms with Crippen LogP contribution in [-0.2, 0) is 4.79 Å². The van der Waals surface area contributed by atoms with E-state index in [1.54, 1.807) is 0 Å². The van der Waals surface area contributed by atoms with E-state index >= 15 is 0 Å². The topological polar surface area (TPSA) is 30.0 Å². The summed E-state index contributed by atoms with van der Waals surface area (Å²) < 4.78 is 0. The predicted molar refractivity (Wildman–Crippen MR) is 98.1 cm³/mol. The summed E-state index contributed by atoms with van der Waals surface area (Å²) in [6, 6.07) is 0.180. The zero-order chi connectivity index (χ0) is 16.9. The first kappa shape index (κ1) is 18.2. The normalized spacial score (nSPS) is 28.6. The van der Waals surface area contributed by atoms with Gasteiger partial charge in [0.15, 0.2) is 0 Å². The number of likely N-dealkylation sites (tertiary alicyclic amines) is 2. The van der Waals surface area contributed by atoms with E-state index in [1.165, 1.54) is 52.0 Å². The number of carbonyl (C=O) groups is 1. The van der Waals surface area contributed by atoms with E-state index in [0.29, 0.717) is 5.91 Å². The largest absolute Gasteiger partial charge is 0.341 e. The van der Waals surface area contributed by atoms with Gasteiger partial charge in [-0.05, 0) is 58.2 Å². The Balaban J connectivity index is 1.42. The number of nitrogens with zero attached hydrogens (tertiary/aromatic N) is 4. The molecule has 0 aromatic rings. The molecule has 3 aliphatic rings. The molecule has 1 atom stereocenters. The Bertz CT molecular complexity index is 400. The Hall–Kier alpha value is -0.650. The molecule has 0 aromatic carbocycles. The Morgan fingerprint density at radius 3 is 2.33 bits per heavy atom. The third kappa shape index (κ3) is 4.50. The monoisotopic (exact) mass is 336 g/mol. The molecule has 5 heteroatoms. The van der Waals surface area contributed by atoms with Gasteiger partial charge >= 0.3 is 0 Å². The summed E-state index contributed by atoms with van der Waals surface area (Å²) in [6.45, 7) is 12.4. The van der Waals surface area contributed by atoms with Gasteiger partial charge in [-0.3, -0.25) is 9.69 Å². The van der Waals surface area contributed by atoms with E-state index in [-0.39, 0.29) is 6.04 Å². The van der Waals surface area contributed by atoms with Gasteiger partial charge in [-0.25, -0.2) is 0 Å². The van der Waals surface area contributed by atoms with Crippen molar-refractivity contribution in [1.29, 1.82) is 0 Å². The maximum atomic E-state index is 12.9. The summed E-state index contributed by atoms with van der Waals surface area (Å²) in [5.74, 6) is 1.20. The lowest BCUT2D eigenvalue weighted by atomic mass is 9.95. The molecule has 1 amide bonds. The minimum absolute atomic E-state index is 0.180. The molecule has 3 fully saturated rings. The van der Waals surface area contributed by atoms with E-state index in [1.807, 2.05) is 0 Å². The Labute approximate surface area is 147 Å². The highest BCUT2D eigenvalue weighted by molar-refractivity contribution is 5.82. The van der Waals surface area contributed by atoms with Crippen molar-refractivity contribution in [3.8, 4) is 0 Å². The Kier molecular flexibility index (Phi) is 6.53. The van der Waals surface area contributed by atoms with Gasteiger partial charge in [0.1, 0.15) is 0 Å². The fourth-order valence-electron chi connectivity index (χ4n) is 4.60. The molecule has 0 bridgehead atoms. The van der Waals surface area contributed by atoms with Crippen LogP contribution in [0.5, 0.6) is 0 Å². The number of hydrogen-bond acceptors (Lipinski definition) is 4. The van der Waals surface area contributed by atoms with E-state index < -0.39 is 0 Å². The maximum absolute atomic E-state index is 12.9. The summed E-state index contributed by atoms with van der Waals surface area (Å²) in [5.41, 5.74) is 0. The smallest absolute Gasteiger partial charge is 0.239 e. The minimum Gasteiger partial charge on any atom is -0.341 e. The van der Waals surface area contributed by atoms with Gasteiger partial charge in [0, 0.05) is 45.8 Å². The first-order chi connectivity index (χ1) is 11.7. The summed E-state index contributed by atoms with van der Waals surface area (Å²) in [4.78, 5) is 22.5. The van der Waals surface area contributed by atoms with Gasteiger partial charge in [-0.1, -0.05) is 6.92 Å². The van der Waals surface area contributed by atoms with Gasteiger partial charge in [0.2, 0.25) is 5.91 Å². The molecule has 0 aromatic heterocycles. The van der Waals surface area contributed by atoms with Crippen molar-refractivity contribution in [2.24, 2.45) is 5.92 Å². The number of carbonyl (C=O) groups excluding carboxylic acids is 1. The van der Waals surface area contributed by atoms with E-state index in [4.69, 9.17) is 0 Å². The van der Waals surface area contributed by atoms with Crippen LogP contribution in [0.15, 0.2) is 0 Å². The highest BCUT2D eigenvalue weighted by atomic mass is 16.2. The molecule has 3 rings (SSSR count). The molecule has 3 saturated heterocycles. The molecule has 0 spiro atoms. The van der Waals surface area contributed by atoms with Crippen LogP contribution in [0.1, 0.15) is 39.0 Å². The second kappa shape index (κ2) is 8.63. The number of hydrogen-bond donors (Lipinski definition) is 0. The minimum atomic E-state index is 0.180. The van der Waals surface area contributed by atoms with Crippen molar-refractivity contribution < 1.29 is 4.79 Å². The predicted octanol–water partition coefficient (Wildman–Crippen LogP) is 1.35. The second-order valence-corrected chi connectivity index (χ2v) is 8.07. The molecular formula is C19H36N4O. The third-order valence-corrected chi connectivity index (χ3v) is 6.20. The molecule has 0 unspecified atom stereocenters. The quantitative estimate of drug-likeness (QED) is 0.758. The second-order valence-electron chi connectivity index (χ2n) is 8.07. The molecule has 0 N–H and O–H groups in total. The van der Waals surface area contributed by atoms with Crippen molar-refractivity contribution >= 4 is 5.91 Å². The lowest BCUT2D eigenvalue weighted by Crippen LogP contribution is -2.50. The Morgan fingerprint density at radius 1 is 0.958 bits per heavy atom. The summed E-state index contributed by atoms with van der Waals surface area (Å²) in [5, 5.41) is 0. The van der Waals surface area contributed by atoms with Gasteiger partial charge in [0.25, 0.3) is 0 Å². The van der Waals surface area contributed by atoms with Crippen LogP contribution in [0.3, 0.4) is 0 Å². The lowest BCUT2D eigenvalue weighted by molar-refractivity contribution is -0.137. The van der Waals surface area contributed by atoms with Crippen LogP contribution in [0, 0.1) is 5.92 Å². The molecule has 0 radical (unpaired) electrons. The molecule has 0 saturated carbocycles. The maximum Gasteiger partial charge on any atom is 0.239 e. The van der Waals surface area contributed by atoms with Crippen LogP contribution in [0.4, 0.5) is 0 Å². The zero-order valence-corrected chi connectivity index (χ0v) is 15.8. The van der Waals surface area contributed by atoms with E-state index in [2.05, 4.69) is 33.6 Å². The average Bonchev–Trinajstić information content (AvgIpc) is 3.06. The van der Waals surface area contributed by atoms with Crippen LogP contribution in [0.25, 0.3) is 0 Å². The zero-order valence-electron chi connectivity index (χ0n) is 15.8. The highest BCUT2D eigenvalue weighted by Gasteiger charge is 2.34. The SMILES string of the molecule is CCCN1CCC[C@@H]1C(=O)N1CCC(CN2CCN(C)CC2)CC1. The van der Waals surface area contributed by atoms with Crippen molar-refractivity contribution in [3.05, 3.63) is 0 Å². The lowest BCUT2D eigenvalue weighted by Gasteiger charge is -2.39. The molecule has 24 heavy (non-hydrogen) atoms. The molecular weight excluding hydrogens is 300 g/mol. The molecule has 3 aliphatic heterocycles. The van der Waals surface area contributed by atoms with E-state index in [9.17, 15) is 4.79 Å². The first-order valence-electron chi connectivity index (χ1n) is 10.1. The van der Waals surface area contributed by atoms with Crippen LogP contribution in [-0.4, -0.2) is 97.5 Å². The molecule has 5 nitrogen and oxygen atoms in total. The van der Waals surface area contributed by atoms with Crippen molar-refractivity contribution in [2.45, 2.75) is 45.1 Å². The number of likely N-dealkylation sites (N-methyl/N-ethyl adjacent to an activating group) is 1. The van der Waals surface area contributed by atoms with Gasteiger partial charge in [0.05, 0.1) is 6.04 Å². The highest BCUT2D eigenvalue weighted by Crippen LogP contribution is 2.24. The molecule has 0 aliphatic carbocycles. The van der Waals surface area contributed by atoms with E-state index in [0.717, 1.165) is 44.9 Å². The first-order valence-corrected chi connectivity index (χ1v) is 10.1. The van der Waals surface area contributed by atoms with Crippen molar-refractivity contribution in [2.75, 3.05) is 66.0 Å². The molecule has 3 heterocycles. The molecule has 138 valence electrons. The number of piperidine rings is 1. The van der Waals surface area contributed by atoms with Gasteiger partial charge < -0.3 is 14.7 Å². The summed E-state index contributed by atoms with van der Waals surface area (Å²) in [6.07, 6.45) is 5.80. The standard InChI is InChI=1S/C19H36N4O/c1-3-8-22-9-4-5-18(22)19(24)23-10-6-17(7-11-23)16-21-14-12-20(2)13-15-21/h17-18H,3-16H2,1-2H3/t18-/m1/s1. The van der Waals surface area contributed by atoms with Crippen LogP contribution in [0.2, 0.25) is 0 Å². The number of piperazine rings is 1. The van der Waals surface area contributed by atoms with Crippen molar-refractivity contribution in [1.82, 2.24) is 19.6 Å². The fraction of sp³-hybridized carbons (Fsp3) is 0.947. The fourth-order valence-corrected chi connectivity index (χ4v) is 4.60. The average molecular weight is 337 g/mol. The Morgan fingerprint density at radius 2 is 1.67 bits per heavy atom. The number of rotatable bonds is 5. The summed E-state index contributed by atoms with van der Waals surface area (Å²) in [7, 11) is 2.21. The van der Waals surface area contributed by atoms with Gasteiger partial charge in [-0.2, -0.15) is 0 Å². The van der Waals surface area contributed by atoms with Gasteiger partial charge in [-0.15, -0.1) is 0 Å². The van der Waals surface area contributed by atoms with Crippen LogP contribution < -0.4 is 0 Å². The summed E-state index contributed by atoms with van der Waals surface area (Å²) >= 11 is 0.